The van der Waals surface area contributed by atoms with Gasteiger partial charge in [-0.1, -0.05) is 19.3 Å². The summed E-state index contributed by atoms with van der Waals surface area (Å²) in [6, 6.07) is 1.97. The van der Waals surface area contributed by atoms with Crippen LogP contribution in [-0.4, -0.2) is 23.5 Å². The average molecular weight is 235 g/mol. The number of nitrogens with one attached hydrogen (secondary N) is 3. The summed E-state index contributed by atoms with van der Waals surface area (Å²) in [5.41, 5.74) is 1.11. The van der Waals surface area contributed by atoms with Crippen LogP contribution in [0.5, 0.6) is 0 Å². The smallest absolute Gasteiger partial charge is 0.237 e. The van der Waals surface area contributed by atoms with Crippen molar-refractivity contribution in [1.29, 1.82) is 0 Å². The number of rotatable bonds is 3. The monoisotopic (exact) mass is 235 g/mol. The van der Waals surface area contributed by atoms with Gasteiger partial charge in [0.15, 0.2) is 0 Å². The molecule has 1 amide bonds. The Hall–Kier alpha value is -1.29. The molecule has 0 aliphatic carbocycles. The molecule has 94 valence electrons. The minimum absolute atomic E-state index is 0.00533. The van der Waals surface area contributed by atoms with Crippen molar-refractivity contribution in [2.75, 3.05) is 6.54 Å². The molecule has 3 N–H and O–H groups in total. The first-order valence-corrected chi connectivity index (χ1v) is 6.49. The lowest BCUT2D eigenvalue weighted by atomic mass is 10.0. The number of aromatic nitrogens is 1. The predicted molar refractivity (Wildman–Crippen MR) is 67.5 cm³/mol. The maximum absolute atomic E-state index is 12.0. The van der Waals surface area contributed by atoms with E-state index in [0.717, 1.165) is 24.9 Å². The topological polar surface area (TPSA) is 56.9 Å². The Morgan fingerprint density at radius 3 is 3.06 bits per heavy atom. The van der Waals surface area contributed by atoms with Gasteiger partial charge < -0.3 is 15.6 Å². The van der Waals surface area contributed by atoms with E-state index in [0.29, 0.717) is 6.54 Å². The molecule has 17 heavy (non-hydrogen) atoms. The van der Waals surface area contributed by atoms with Crippen molar-refractivity contribution in [3.63, 3.8) is 0 Å². The normalized spacial score (nSPS) is 21.5. The first-order chi connectivity index (χ1) is 8.36. The molecule has 1 aromatic rings. The van der Waals surface area contributed by atoms with Crippen LogP contribution >= 0.6 is 0 Å². The first-order valence-electron chi connectivity index (χ1n) is 6.49. The maximum Gasteiger partial charge on any atom is 0.237 e. The molecule has 1 saturated heterocycles. The van der Waals surface area contributed by atoms with Crippen LogP contribution in [0.2, 0.25) is 0 Å². The second kappa shape index (κ2) is 6.45. The molecule has 0 saturated carbocycles. The van der Waals surface area contributed by atoms with Gasteiger partial charge in [0.2, 0.25) is 5.91 Å². The van der Waals surface area contributed by atoms with E-state index in [2.05, 4.69) is 15.6 Å². The van der Waals surface area contributed by atoms with Crippen LogP contribution in [0, 0.1) is 0 Å². The molecule has 0 aromatic carbocycles. The highest BCUT2D eigenvalue weighted by molar-refractivity contribution is 5.81. The molecule has 1 unspecified atom stereocenters. The van der Waals surface area contributed by atoms with E-state index in [1.807, 2.05) is 18.5 Å². The average Bonchev–Trinajstić information content (AvgIpc) is 2.78. The molecule has 2 heterocycles. The van der Waals surface area contributed by atoms with Crippen LogP contribution in [0.1, 0.15) is 37.7 Å². The highest BCUT2D eigenvalue weighted by Crippen LogP contribution is 2.09. The SMILES string of the molecule is O=C(NCc1cc[nH]c1)C1CCCCCCN1. The van der Waals surface area contributed by atoms with Crippen LogP contribution in [0.25, 0.3) is 0 Å². The Morgan fingerprint density at radius 2 is 2.24 bits per heavy atom. The van der Waals surface area contributed by atoms with Gasteiger partial charge in [-0.15, -0.1) is 0 Å². The molecule has 0 radical (unpaired) electrons. The van der Waals surface area contributed by atoms with Crippen molar-refractivity contribution < 1.29 is 4.79 Å². The summed E-state index contributed by atoms with van der Waals surface area (Å²) in [6.45, 7) is 1.57. The third-order valence-electron chi connectivity index (χ3n) is 3.26. The third-order valence-corrected chi connectivity index (χ3v) is 3.26. The lowest BCUT2D eigenvalue weighted by Gasteiger charge is -2.20. The van der Waals surface area contributed by atoms with Crippen molar-refractivity contribution in [3.05, 3.63) is 24.0 Å². The van der Waals surface area contributed by atoms with Crippen molar-refractivity contribution in [2.45, 2.75) is 44.7 Å². The third kappa shape index (κ3) is 3.89. The predicted octanol–water partition coefficient (Wildman–Crippen LogP) is 1.55. The highest BCUT2D eigenvalue weighted by Gasteiger charge is 2.18. The summed E-state index contributed by atoms with van der Waals surface area (Å²) in [4.78, 5) is 15.0. The van der Waals surface area contributed by atoms with Crippen LogP contribution < -0.4 is 10.6 Å². The van der Waals surface area contributed by atoms with E-state index >= 15 is 0 Å². The van der Waals surface area contributed by atoms with E-state index in [4.69, 9.17) is 0 Å². The minimum atomic E-state index is -0.00533. The van der Waals surface area contributed by atoms with Crippen LogP contribution in [-0.2, 0) is 11.3 Å². The van der Waals surface area contributed by atoms with Crippen molar-refractivity contribution in [2.24, 2.45) is 0 Å². The van der Waals surface area contributed by atoms with Gasteiger partial charge in [0.1, 0.15) is 0 Å². The number of carbonyl (C=O) groups excluding carboxylic acids is 1. The Kier molecular flexibility index (Phi) is 4.62. The fourth-order valence-electron chi connectivity index (χ4n) is 2.21. The maximum atomic E-state index is 12.0. The van der Waals surface area contributed by atoms with Gasteiger partial charge in [-0.05, 0) is 31.0 Å². The van der Waals surface area contributed by atoms with E-state index in [-0.39, 0.29) is 11.9 Å². The Balaban J connectivity index is 1.77. The number of H-pyrrole nitrogens is 1. The molecule has 1 atom stereocenters. The zero-order valence-electron chi connectivity index (χ0n) is 10.2. The lowest BCUT2D eigenvalue weighted by Crippen LogP contribution is -2.44. The number of hydrogen-bond acceptors (Lipinski definition) is 2. The summed E-state index contributed by atoms with van der Waals surface area (Å²) in [5.74, 6) is 0.133. The molecule has 0 bridgehead atoms. The zero-order chi connectivity index (χ0) is 11.9. The first kappa shape index (κ1) is 12.2. The molecule has 4 heteroatoms. The van der Waals surface area contributed by atoms with Crippen molar-refractivity contribution >= 4 is 5.91 Å². The molecule has 0 spiro atoms. The van der Waals surface area contributed by atoms with Gasteiger partial charge in [0.25, 0.3) is 0 Å². The van der Waals surface area contributed by atoms with Crippen LogP contribution in [0.3, 0.4) is 0 Å². The summed E-state index contributed by atoms with van der Waals surface area (Å²) >= 11 is 0. The summed E-state index contributed by atoms with van der Waals surface area (Å²) < 4.78 is 0. The second-order valence-corrected chi connectivity index (χ2v) is 4.65. The number of amides is 1. The summed E-state index contributed by atoms with van der Waals surface area (Å²) in [6.07, 6.45) is 9.60. The van der Waals surface area contributed by atoms with E-state index in [1.165, 1.54) is 19.3 Å². The molecule has 1 aromatic heterocycles. The van der Waals surface area contributed by atoms with Gasteiger partial charge in [-0.3, -0.25) is 4.79 Å². The quantitative estimate of drug-likeness (QED) is 0.744. The Bertz CT molecular complexity index is 326. The molecular formula is C13H21N3O. The van der Waals surface area contributed by atoms with Gasteiger partial charge >= 0.3 is 0 Å². The fraction of sp³-hybridized carbons (Fsp3) is 0.615. The molecular weight excluding hydrogens is 214 g/mol. The van der Waals surface area contributed by atoms with Crippen LogP contribution in [0.4, 0.5) is 0 Å². The van der Waals surface area contributed by atoms with E-state index in [9.17, 15) is 4.79 Å². The Morgan fingerprint density at radius 1 is 1.35 bits per heavy atom. The Labute approximate surface area is 102 Å². The standard InChI is InChI=1S/C13H21N3O/c17-13(16-10-11-6-8-14-9-11)12-5-3-1-2-4-7-15-12/h6,8-9,12,14-15H,1-5,7,10H2,(H,16,17). The highest BCUT2D eigenvalue weighted by atomic mass is 16.2. The number of aromatic amines is 1. The van der Waals surface area contributed by atoms with Gasteiger partial charge in [0.05, 0.1) is 6.04 Å². The van der Waals surface area contributed by atoms with Gasteiger partial charge in [-0.25, -0.2) is 0 Å². The summed E-state index contributed by atoms with van der Waals surface area (Å²) in [5, 5.41) is 6.31. The van der Waals surface area contributed by atoms with Crippen LogP contribution in [0.15, 0.2) is 18.5 Å². The summed E-state index contributed by atoms with van der Waals surface area (Å²) in [7, 11) is 0. The van der Waals surface area contributed by atoms with E-state index < -0.39 is 0 Å². The van der Waals surface area contributed by atoms with Crippen molar-refractivity contribution in [3.8, 4) is 0 Å². The molecule has 4 nitrogen and oxygen atoms in total. The zero-order valence-corrected chi connectivity index (χ0v) is 10.2. The lowest BCUT2D eigenvalue weighted by molar-refractivity contribution is -0.123. The van der Waals surface area contributed by atoms with E-state index in [1.54, 1.807) is 0 Å². The minimum Gasteiger partial charge on any atom is -0.367 e. The number of hydrogen-bond donors (Lipinski definition) is 3. The molecule has 1 aliphatic heterocycles. The van der Waals surface area contributed by atoms with Crippen molar-refractivity contribution in [1.82, 2.24) is 15.6 Å². The molecule has 1 aliphatic rings. The largest absolute Gasteiger partial charge is 0.367 e. The van der Waals surface area contributed by atoms with Gasteiger partial charge in [0, 0.05) is 18.9 Å². The molecule has 2 rings (SSSR count). The number of carbonyl (C=O) groups is 1. The second-order valence-electron chi connectivity index (χ2n) is 4.65. The molecule has 1 fully saturated rings. The fourth-order valence-corrected chi connectivity index (χ4v) is 2.21. The van der Waals surface area contributed by atoms with Gasteiger partial charge in [-0.2, -0.15) is 0 Å².